The quantitative estimate of drug-likeness (QED) is 0.234. The van der Waals surface area contributed by atoms with Crippen LogP contribution in [0.5, 0.6) is 23.0 Å². The standard InChI is InChI=1S/C24H27NO13S/c1-34-13-8-11-10(7-14(13)38-39(31,32)33)5-12-16-9(3-4-25-12)6-15(35-2)21(17(11)16)36-24-20(28)18(26)19(27)22(37-24)23(29)30/h6-8,12,18-20,22,24-28H,3-5H2,1-2H3,(H,29,30)(H,31,32,33). The van der Waals surface area contributed by atoms with Crippen LogP contribution in [0.25, 0.3) is 11.1 Å². The lowest BCUT2D eigenvalue weighted by Crippen LogP contribution is -2.61. The summed E-state index contributed by atoms with van der Waals surface area (Å²) in [4.78, 5) is 11.6. The Balaban J connectivity index is 1.69. The van der Waals surface area contributed by atoms with Crippen molar-refractivity contribution in [3.63, 3.8) is 0 Å². The van der Waals surface area contributed by atoms with Crippen LogP contribution < -0.4 is 23.7 Å². The molecule has 6 atom stereocenters. The van der Waals surface area contributed by atoms with E-state index in [0.29, 0.717) is 36.1 Å². The van der Waals surface area contributed by atoms with Crippen molar-refractivity contribution < 1.29 is 61.3 Å². The zero-order valence-corrected chi connectivity index (χ0v) is 21.5. The van der Waals surface area contributed by atoms with Crippen LogP contribution in [0.4, 0.5) is 0 Å². The zero-order chi connectivity index (χ0) is 28.2. The minimum Gasteiger partial charge on any atom is -0.493 e. The van der Waals surface area contributed by atoms with Gasteiger partial charge in [-0.25, -0.2) is 4.79 Å². The van der Waals surface area contributed by atoms with E-state index in [-0.39, 0.29) is 29.0 Å². The fourth-order valence-corrected chi connectivity index (χ4v) is 5.69. The van der Waals surface area contributed by atoms with Crippen LogP contribution in [0.15, 0.2) is 18.2 Å². The molecule has 6 N–H and O–H groups in total. The predicted octanol–water partition coefficient (Wildman–Crippen LogP) is -0.434. The Kier molecular flexibility index (Phi) is 7.09. The molecule has 0 amide bonds. The van der Waals surface area contributed by atoms with Crippen molar-refractivity contribution in [3.05, 3.63) is 34.9 Å². The molecule has 0 radical (unpaired) electrons. The van der Waals surface area contributed by atoms with Crippen LogP contribution in [-0.4, -0.2) is 90.8 Å². The molecule has 6 unspecified atom stereocenters. The van der Waals surface area contributed by atoms with Crippen LogP contribution >= 0.6 is 0 Å². The number of benzene rings is 2. The number of carboxylic acid groups (broad SMARTS) is 1. The number of aliphatic hydroxyl groups is 3. The van der Waals surface area contributed by atoms with Gasteiger partial charge in [0, 0.05) is 11.6 Å². The van der Waals surface area contributed by atoms with Crippen LogP contribution in [0.1, 0.15) is 22.7 Å². The average molecular weight is 570 g/mol. The summed E-state index contributed by atoms with van der Waals surface area (Å²) in [5, 5.41) is 43.8. The van der Waals surface area contributed by atoms with Gasteiger partial charge in [-0.2, -0.15) is 8.42 Å². The van der Waals surface area contributed by atoms with Gasteiger partial charge in [0.15, 0.2) is 29.1 Å². The van der Waals surface area contributed by atoms with E-state index in [9.17, 15) is 38.2 Å². The monoisotopic (exact) mass is 569 g/mol. The lowest BCUT2D eigenvalue weighted by atomic mass is 9.77. The summed E-state index contributed by atoms with van der Waals surface area (Å²) in [5.41, 5.74) is 3.36. The molecule has 0 aromatic heterocycles. The second-order valence-corrected chi connectivity index (χ2v) is 10.4. The molecular weight excluding hydrogens is 542 g/mol. The summed E-state index contributed by atoms with van der Waals surface area (Å²) in [6.07, 6.45) is -8.15. The molecule has 14 nitrogen and oxygen atoms in total. The molecule has 1 saturated heterocycles. The highest BCUT2D eigenvalue weighted by Gasteiger charge is 2.49. The molecule has 3 aliphatic rings. The van der Waals surface area contributed by atoms with Gasteiger partial charge in [-0.05, 0) is 59.8 Å². The van der Waals surface area contributed by atoms with E-state index in [1.165, 1.54) is 26.4 Å². The highest BCUT2D eigenvalue weighted by molar-refractivity contribution is 7.81. The van der Waals surface area contributed by atoms with Crippen LogP contribution in [0, 0.1) is 0 Å². The molecule has 212 valence electrons. The first-order valence-electron chi connectivity index (χ1n) is 11.9. The normalized spacial score (nSPS) is 27.6. The molecule has 2 aromatic carbocycles. The molecule has 2 heterocycles. The topological polar surface area (TPSA) is 211 Å². The molecule has 0 saturated carbocycles. The van der Waals surface area contributed by atoms with Crippen molar-refractivity contribution in [2.24, 2.45) is 0 Å². The Morgan fingerprint density at radius 2 is 1.69 bits per heavy atom. The number of nitrogens with one attached hydrogen (secondary N) is 1. The third-order valence-corrected chi connectivity index (χ3v) is 7.44. The number of hydrogen-bond donors (Lipinski definition) is 6. The number of aliphatic hydroxyl groups excluding tert-OH is 3. The average Bonchev–Trinajstić information content (AvgIpc) is 2.88. The van der Waals surface area contributed by atoms with Crippen molar-refractivity contribution in [1.29, 1.82) is 0 Å². The number of carboxylic acids is 1. The largest absolute Gasteiger partial charge is 0.493 e. The van der Waals surface area contributed by atoms with Gasteiger partial charge >= 0.3 is 16.4 Å². The summed E-state index contributed by atoms with van der Waals surface area (Å²) in [5.74, 6) is -1.55. The van der Waals surface area contributed by atoms with E-state index in [1.54, 1.807) is 6.07 Å². The Morgan fingerprint density at radius 1 is 1.00 bits per heavy atom. The van der Waals surface area contributed by atoms with Crippen LogP contribution in [0.2, 0.25) is 0 Å². The minimum atomic E-state index is -4.85. The molecule has 0 bridgehead atoms. The maximum atomic E-state index is 11.6. The molecule has 2 aromatic rings. The predicted molar refractivity (Wildman–Crippen MR) is 130 cm³/mol. The first kappa shape index (κ1) is 27.4. The molecule has 5 rings (SSSR count). The van der Waals surface area contributed by atoms with Crippen molar-refractivity contribution in [2.45, 2.75) is 49.6 Å². The van der Waals surface area contributed by atoms with E-state index in [2.05, 4.69) is 5.32 Å². The maximum Gasteiger partial charge on any atom is 0.446 e. The first-order chi connectivity index (χ1) is 18.4. The molecule has 1 aliphatic carbocycles. The number of fused-ring (bicyclic) bond motifs is 2. The van der Waals surface area contributed by atoms with Crippen molar-refractivity contribution >= 4 is 16.4 Å². The molecule has 0 spiro atoms. The van der Waals surface area contributed by atoms with Gasteiger partial charge in [-0.15, -0.1) is 0 Å². The molecule has 2 aliphatic heterocycles. The van der Waals surface area contributed by atoms with Crippen LogP contribution in [-0.2, 0) is 32.8 Å². The van der Waals surface area contributed by atoms with E-state index in [4.69, 9.17) is 23.1 Å². The number of rotatable bonds is 7. The van der Waals surface area contributed by atoms with Gasteiger partial charge < -0.3 is 48.9 Å². The van der Waals surface area contributed by atoms with Gasteiger partial charge in [0.1, 0.15) is 18.3 Å². The second kappa shape index (κ2) is 10.1. The number of methoxy groups -OCH3 is 2. The van der Waals surface area contributed by atoms with E-state index in [1.807, 2.05) is 0 Å². The van der Waals surface area contributed by atoms with Gasteiger partial charge in [0.2, 0.25) is 6.29 Å². The molecule has 39 heavy (non-hydrogen) atoms. The van der Waals surface area contributed by atoms with E-state index >= 15 is 0 Å². The summed E-state index contributed by atoms with van der Waals surface area (Å²) in [6, 6.07) is 4.42. The summed E-state index contributed by atoms with van der Waals surface area (Å²) >= 11 is 0. The van der Waals surface area contributed by atoms with Gasteiger partial charge in [0.25, 0.3) is 0 Å². The second-order valence-electron chi connectivity index (χ2n) is 9.34. The van der Waals surface area contributed by atoms with Crippen molar-refractivity contribution in [3.8, 4) is 34.1 Å². The first-order valence-corrected chi connectivity index (χ1v) is 13.2. The van der Waals surface area contributed by atoms with Gasteiger partial charge in [0.05, 0.1) is 14.2 Å². The molecular formula is C24H27NO13S. The van der Waals surface area contributed by atoms with E-state index < -0.39 is 47.1 Å². The highest BCUT2D eigenvalue weighted by atomic mass is 32.3. The van der Waals surface area contributed by atoms with Gasteiger partial charge in [-0.1, -0.05) is 0 Å². The Morgan fingerprint density at radius 3 is 2.33 bits per heavy atom. The van der Waals surface area contributed by atoms with E-state index in [0.717, 1.165) is 11.1 Å². The number of hydrogen-bond acceptors (Lipinski definition) is 12. The highest BCUT2D eigenvalue weighted by Crippen LogP contribution is 2.53. The lowest BCUT2D eigenvalue weighted by Gasteiger charge is -2.40. The maximum absolute atomic E-state index is 11.6. The Labute approximate surface area is 222 Å². The third kappa shape index (κ3) is 4.86. The fourth-order valence-electron chi connectivity index (χ4n) is 5.33. The SMILES string of the molecule is COc1cc2c(cc1OS(=O)(=O)O)CC1NCCc3cc(OC)c(OC4OC(C(=O)O)C(O)C(O)C4O)c-2c31. The Hall–Kier alpha value is -3.18. The summed E-state index contributed by atoms with van der Waals surface area (Å²) < 4.78 is 59.1. The smallest absolute Gasteiger partial charge is 0.446 e. The molecule has 1 fully saturated rings. The minimum absolute atomic E-state index is 0.0189. The number of aliphatic carboxylic acids is 1. The van der Waals surface area contributed by atoms with Crippen molar-refractivity contribution in [1.82, 2.24) is 5.32 Å². The third-order valence-electron chi connectivity index (χ3n) is 7.05. The summed E-state index contributed by atoms with van der Waals surface area (Å²) in [7, 11) is -2.17. The number of ether oxygens (including phenoxy) is 4. The fraction of sp³-hybridized carbons (Fsp3) is 0.458. The Bertz CT molecular complexity index is 1410. The molecule has 15 heteroatoms. The summed E-state index contributed by atoms with van der Waals surface area (Å²) in [6.45, 7) is 0.634. The van der Waals surface area contributed by atoms with Gasteiger partial charge in [-0.3, -0.25) is 4.55 Å². The lowest BCUT2D eigenvalue weighted by molar-refractivity contribution is -0.271. The van der Waals surface area contributed by atoms with Crippen LogP contribution in [0.3, 0.4) is 0 Å². The zero-order valence-electron chi connectivity index (χ0n) is 20.7. The van der Waals surface area contributed by atoms with Crippen molar-refractivity contribution in [2.75, 3.05) is 20.8 Å². The number of carbonyl (C=O) groups is 1.